The fraction of sp³-hybridized carbons (Fsp3) is 0.148. The summed E-state index contributed by atoms with van der Waals surface area (Å²) in [6, 6.07) is 29.3. The van der Waals surface area contributed by atoms with Gasteiger partial charge in [0.2, 0.25) is 0 Å². The van der Waals surface area contributed by atoms with E-state index >= 15 is 0 Å². The molecule has 2 N–H and O–H groups in total. The minimum atomic E-state index is -0.0785. The second-order valence-electron chi connectivity index (χ2n) is 8.07. The highest BCUT2D eigenvalue weighted by Gasteiger charge is 2.39. The zero-order valence-electron chi connectivity index (χ0n) is 18.2. The van der Waals surface area contributed by atoms with E-state index in [4.69, 9.17) is 4.74 Å². The van der Waals surface area contributed by atoms with Crippen molar-refractivity contribution in [2.45, 2.75) is 18.4 Å². The fourth-order valence-corrected chi connectivity index (χ4v) is 3.87. The maximum atomic E-state index is 12.8. The molecule has 6 nitrogen and oxygen atoms in total. The van der Waals surface area contributed by atoms with E-state index < -0.39 is 0 Å². The van der Waals surface area contributed by atoms with Crippen LogP contribution in [0, 0.1) is 0 Å². The standard InChI is InChI=1S/C27H24N4O2/c1-33-22-12-10-18(11-13-22)23-17-25(23)29-27(32)20-8-5-9-21(16-20)28-26-15-14-24(30-31-26)19-6-3-2-4-7-19/h2-16,23,25H,17H2,1H3,(H,28,31)(H,29,32)/t23-,25+/m0/s1. The van der Waals surface area contributed by atoms with Gasteiger partial charge >= 0.3 is 0 Å². The number of hydrogen-bond acceptors (Lipinski definition) is 5. The summed E-state index contributed by atoms with van der Waals surface area (Å²) in [5.41, 5.74) is 4.43. The lowest BCUT2D eigenvalue weighted by atomic mass is 10.1. The van der Waals surface area contributed by atoms with Crippen LogP contribution in [0.2, 0.25) is 0 Å². The van der Waals surface area contributed by atoms with Gasteiger partial charge < -0.3 is 15.4 Å². The highest BCUT2D eigenvalue weighted by atomic mass is 16.5. The molecule has 4 aromatic rings. The minimum Gasteiger partial charge on any atom is -0.497 e. The Hall–Kier alpha value is -4.19. The van der Waals surface area contributed by atoms with Gasteiger partial charge in [0.15, 0.2) is 5.82 Å². The highest BCUT2D eigenvalue weighted by Crippen LogP contribution is 2.41. The molecule has 1 aromatic heterocycles. The van der Waals surface area contributed by atoms with E-state index in [1.807, 2.05) is 78.9 Å². The smallest absolute Gasteiger partial charge is 0.251 e. The summed E-state index contributed by atoms with van der Waals surface area (Å²) in [4.78, 5) is 12.8. The molecule has 0 bridgehead atoms. The normalized spacial score (nSPS) is 16.6. The van der Waals surface area contributed by atoms with Crippen LogP contribution in [0.25, 0.3) is 11.3 Å². The molecule has 0 radical (unpaired) electrons. The van der Waals surface area contributed by atoms with Gasteiger partial charge in [-0.1, -0.05) is 48.5 Å². The molecule has 1 saturated carbocycles. The summed E-state index contributed by atoms with van der Waals surface area (Å²) in [6.07, 6.45) is 0.944. The molecule has 0 unspecified atom stereocenters. The lowest BCUT2D eigenvalue weighted by Gasteiger charge is -2.09. The van der Waals surface area contributed by atoms with Gasteiger partial charge in [-0.05, 0) is 54.4 Å². The van der Waals surface area contributed by atoms with Crippen LogP contribution in [-0.2, 0) is 0 Å². The van der Waals surface area contributed by atoms with E-state index in [9.17, 15) is 4.79 Å². The van der Waals surface area contributed by atoms with Crippen molar-refractivity contribution in [2.75, 3.05) is 12.4 Å². The van der Waals surface area contributed by atoms with Gasteiger partial charge in [0, 0.05) is 28.8 Å². The SMILES string of the molecule is COc1ccc([C@@H]2C[C@H]2NC(=O)c2cccc(Nc3ccc(-c4ccccc4)nn3)c2)cc1. The Bertz CT molecular complexity index is 1240. The molecular formula is C27H24N4O2. The molecule has 1 heterocycles. The van der Waals surface area contributed by atoms with E-state index in [1.54, 1.807) is 7.11 Å². The van der Waals surface area contributed by atoms with Crippen LogP contribution in [0.4, 0.5) is 11.5 Å². The largest absolute Gasteiger partial charge is 0.497 e. The van der Waals surface area contributed by atoms with Gasteiger partial charge in [0.1, 0.15) is 5.75 Å². The van der Waals surface area contributed by atoms with Gasteiger partial charge in [-0.3, -0.25) is 4.79 Å². The summed E-state index contributed by atoms with van der Waals surface area (Å²) in [5.74, 6) is 1.72. The molecule has 164 valence electrons. The molecular weight excluding hydrogens is 412 g/mol. The number of nitrogens with zero attached hydrogens (tertiary/aromatic N) is 2. The molecule has 33 heavy (non-hydrogen) atoms. The predicted molar refractivity (Wildman–Crippen MR) is 129 cm³/mol. The quantitative estimate of drug-likeness (QED) is 0.417. The first kappa shape index (κ1) is 20.7. The molecule has 0 spiro atoms. The van der Waals surface area contributed by atoms with Crippen molar-refractivity contribution >= 4 is 17.4 Å². The summed E-state index contributed by atoms with van der Waals surface area (Å²) in [7, 11) is 1.66. The van der Waals surface area contributed by atoms with E-state index in [-0.39, 0.29) is 11.9 Å². The monoisotopic (exact) mass is 436 g/mol. The molecule has 5 rings (SSSR count). The Balaban J connectivity index is 1.21. The van der Waals surface area contributed by atoms with Crippen LogP contribution in [0.15, 0.2) is 91.0 Å². The number of rotatable bonds is 7. The highest BCUT2D eigenvalue weighted by molar-refractivity contribution is 5.95. The Morgan fingerprint density at radius 1 is 0.909 bits per heavy atom. The zero-order valence-corrected chi connectivity index (χ0v) is 18.2. The number of benzene rings is 3. The van der Waals surface area contributed by atoms with Crippen LogP contribution in [0.1, 0.15) is 28.3 Å². The number of carbonyl (C=O) groups is 1. The van der Waals surface area contributed by atoms with E-state index in [2.05, 4.69) is 33.0 Å². The van der Waals surface area contributed by atoms with Gasteiger partial charge in [-0.25, -0.2) is 0 Å². The van der Waals surface area contributed by atoms with Crippen LogP contribution < -0.4 is 15.4 Å². The number of hydrogen-bond donors (Lipinski definition) is 2. The van der Waals surface area contributed by atoms with Crippen molar-refractivity contribution in [2.24, 2.45) is 0 Å². The maximum Gasteiger partial charge on any atom is 0.251 e. The summed E-state index contributed by atoms with van der Waals surface area (Å²) >= 11 is 0. The number of carbonyl (C=O) groups excluding carboxylic acids is 1. The Morgan fingerprint density at radius 3 is 2.45 bits per heavy atom. The first-order valence-corrected chi connectivity index (χ1v) is 10.9. The average molecular weight is 437 g/mol. The average Bonchev–Trinajstić information content (AvgIpc) is 3.64. The molecule has 1 amide bonds. The van der Waals surface area contributed by atoms with Crippen molar-refractivity contribution in [3.8, 4) is 17.0 Å². The number of nitrogens with one attached hydrogen (secondary N) is 2. The molecule has 1 fully saturated rings. The molecule has 3 aromatic carbocycles. The Kier molecular flexibility index (Phi) is 5.72. The molecule has 2 atom stereocenters. The Labute approximate surface area is 192 Å². The first-order chi connectivity index (χ1) is 16.2. The third kappa shape index (κ3) is 4.85. The third-order valence-corrected chi connectivity index (χ3v) is 5.78. The van der Waals surface area contributed by atoms with Crippen LogP contribution in [-0.4, -0.2) is 29.3 Å². The minimum absolute atomic E-state index is 0.0785. The summed E-state index contributed by atoms with van der Waals surface area (Å²) in [5, 5.41) is 14.9. The fourth-order valence-electron chi connectivity index (χ4n) is 3.87. The van der Waals surface area contributed by atoms with Crippen LogP contribution in [0.3, 0.4) is 0 Å². The molecule has 0 saturated heterocycles. The number of ether oxygens (including phenoxy) is 1. The van der Waals surface area contributed by atoms with E-state index in [0.29, 0.717) is 17.3 Å². The van der Waals surface area contributed by atoms with Crippen molar-refractivity contribution in [3.05, 3.63) is 102 Å². The zero-order chi connectivity index (χ0) is 22.6. The Morgan fingerprint density at radius 2 is 1.73 bits per heavy atom. The van der Waals surface area contributed by atoms with Gasteiger partial charge in [-0.2, -0.15) is 0 Å². The molecule has 0 aliphatic heterocycles. The van der Waals surface area contributed by atoms with Crippen molar-refractivity contribution in [1.29, 1.82) is 0 Å². The van der Waals surface area contributed by atoms with E-state index in [0.717, 1.165) is 29.1 Å². The maximum absolute atomic E-state index is 12.8. The van der Waals surface area contributed by atoms with Crippen molar-refractivity contribution in [1.82, 2.24) is 15.5 Å². The number of methoxy groups -OCH3 is 1. The topological polar surface area (TPSA) is 76.1 Å². The molecule has 6 heteroatoms. The van der Waals surface area contributed by atoms with Crippen LogP contribution >= 0.6 is 0 Å². The number of aromatic nitrogens is 2. The van der Waals surface area contributed by atoms with Gasteiger partial charge in [0.25, 0.3) is 5.91 Å². The van der Waals surface area contributed by atoms with Crippen molar-refractivity contribution in [3.63, 3.8) is 0 Å². The lowest BCUT2D eigenvalue weighted by molar-refractivity contribution is 0.0950. The van der Waals surface area contributed by atoms with Crippen LogP contribution in [0.5, 0.6) is 5.75 Å². The molecule has 1 aliphatic carbocycles. The number of amides is 1. The first-order valence-electron chi connectivity index (χ1n) is 10.9. The third-order valence-electron chi connectivity index (χ3n) is 5.78. The van der Waals surface area contributed by atoms with Gasteiger partial charge in [0.05, 0.1) is 12.8 Å². The number of anilines is 2. The second kappa shape index (κ2) is 9.12. The summed E-state index contributed by atoms with van der Waals surface area (Å²) < 4.78 is 5.21. The van der Waals surface area contributed by atoms with Crippen molar-refractivity contribution < 1.29 is 9.53 Å². The molecule has 1 aliphatic rings. The van der Waals surface area contributed by atoms with Gasteiger partial charge in [-0.15, -0.1) is 10.2 Å². The predicted octanol–water partition coefficient (Wildman–Crippen LogP) is 5.18. The van der Waals surface area contributed by atoms with E-state index in [1.165, 1.54) is 5.56 Å². The summed E-state index contributed by atoms with van der Waals surface area (Å²) in [6.45, 7) is 0. The second-order valence-corrected chi connectivity index (χ2v) is 8.07. The lowest BCUT2D eigenvalue weighted by Crippen LogP contribution is -2.26.